The molecule has 0 aromatic rings. The first-order chi connectivity index (χ1) is 8.73. The molecule has 3 amide bonds. The van der Waals surface area contributed by atoms with E-state index in [9.17, 15) is 9.59 Å². The van der Waals surface area contributed by atoms with Crippen LogP contribution in [-0.4, -0.2) is 55.0 Å². The van der Waals surface area contributed by atoms with Gasteiger partial charge in [-0.05, 0) is 30.4 Å². The molecule has 0 bridgehead atoms. The van der Waals surface area contributed by atoms with Gasteiger partial charge in [-0.1, -0.05) is 13.8 Å². The number of nitrogens with two attached hydrogens (primary N) is 2. The number of likely N-dealkylation sites (N-methyl/N-ethyl adjacent to an activating group) is 1. The van der Waals surface area contributed by atoms with Gasteiger partial charge in [-0.2, -0.15) is 11.8 Å². The van der Waals surface area contributed by atoms with Crippen molar-refractivity contribution in [1.29, 1.82) is 0 Å². The van der Waals surface area contributed by atoms with Gasteiger partial charge < -0.3 is 21.7 Å². The number of urea groups is 1. The van der Waals surface area contributed by atoms with Crippen molar-refractivity contribution in [3.05, 3.63) is 0 Å². The summed E-state index contributed by atoms with van der Waals surface area (Å²) in [6, 6.07) is -1.24. The lowest BCUT2D eigenvalue weighted by molar-refractivity contribution is -0.133. The number of amides is 3. The van der Waals surface area contributed by atoms with Gasteiger partial charge in [0.25, 0.3) is 0 Å². The summed E-state index contributed by atoms with van der Waals surface area (Å²) < 4.78 is 0. The Morgan fingerprint density at radius 2 is 1.95 bits per heavy atom. The standard InChI is InChI=1S/C12H26N4O2S.ClH/c1-12(2,7-13)8-16(3)10(17)9(5-6-19-4)15-11(14)18;/h9H,5-8,13H2,1-4H3,(H3,14,15,18);1H. The number of hydrogen-bond acceptors (Lipinski definition) is 4. The summed E-state index contributed by atoms with van der Waals surface area (Å²) in [6.07, 6.45) is 2.52. The van der Waals surface area contributed by atoms with E-state index in [4.69, 9.17) is 11.5 Å². The maximum Gasteiger partial charge on any atom is 0.312 e. The quantitative estimate of drug-likeness (QED) is 0.609. The molecule has 0 spiro atoms. The van der Waals surface area contributed by atoms with Crippen molar-refractivity contribution in [2.24, 2.45) is 16.9 Å². The van der Waals surface area contributed by atoms with Crippen molar-refractivity contribution in [3.63, 3.8) is 0 Å². The van der Waals surface area contributed by atoms with Gasteiger partial charge in [-0.3, -0.25) is 4.79 Å². The zero-order chi connectivity index (χ0) is 15.1. The van der Waals surface area contributed by atoms with Crippen LogP contribution in [0.25, 0.3) is 0 Å². The Labute approximate surface area is 131 Å². The molecule has 0 rings (SSSR count). The number of carbonyl (C=O) groups excluding carboxylic acids is 2. The summed E-state index contributed by atoms with van der Waals surface area (Å²) >= 11 is 1.62. The number of hydrogen-bond donors (Lipinski definition) is 3. The zero-order valence-corrected chi connectivity index (χ0v) is 14.3. The highest BCUT2D eigenvalue weighted by Gasteiger charge is 2.26. The van der Waals surface area contributed by atoms with Gasteiger partial charge in [0.2, 0.25) is 5.91 Å². The largest absolute Gasteiger partial charge is 0.352 e. The topological polar surface area (TPSA) is 101 Å². The molecule has 0 fully saturated rings. The molecule has 20 heavy (non-hydrogen) atoms. The first-order valence-electron chi connectivity index (χ1n) is 6.23. The molecule has 120 valence electrons. The van der Waals surface area contributed by atoms with Gasteiger partial charge in [0.15, 0.2) is 0 Å². The fourth-order valence-electron chi connectivity index (χ4n) is 1.72. The zero-order valence-electron chi connectivity index (χ0n) is 12.6. The maximum absolute atomic E-state index is 12.3. The minimum atomic E-state index is -0.675. The molecule has 6 nitrogen and oxygen atoms in total. The third kappa shape index (κ3) is 8.50. The number of primary amides is 1. The first kappa shape index (κ1) is 21.6. The summed E-state index contributed by atoms with van der Waals surface area (Å²) in [7, 11) is 1.72. The van der Waals surface area contributed by atoms with Gasteiger partial charge in [0.05, 0.1) is 0 Å². The molecule has 0 aromatic carbocycles. The highest BCUT2D eigenvalue weighted by atomic mass is 35.5. The molecule has 0 saturated heterocycles. The normalized spacial score (nSPS) is 12.2. The smallest absolute Gasteiger partial charge is 0.312 e. The minimum absolute atomic E-state index is 0. The molecule has 0 radical (unpaired) electrons. The van der Waals surface area contributed by atoms with E-state index in [0.717, 1.165) is 5.75 Å². The SMILES string of the molecule is CSCCC(NC(N)=O)C(=O)N(C)CC(C)(C)CN.Cl. The van der Waals surface area contributed by atoms with Gasteiger partial charge >= 0.3 is 6.03 Å². The summed E-state index contributed by atoms with van der Waals surface area (Å²) in [4.78, 5) is 24.8. The van der Waals surface area contributed by atoms with Crippen molar-refractivity contribution < 1.29 is 9.59 Å². The Balaban J connectivity index is 0. The van der Waals surface area contributed by atoms with Crippen molar-refractivity contribution >= 4 is 36.1 Å². The average molecular weight is 327 g/mol. The summed E-state index contributed by atoms with van der Waals surface area (Å²) in [5, 5.41) is 2.50. The molecule has 0 saturated carbocycles. The monoisotopic (exact) mass is 326 g/mol. The van der Waals surface area contributed by atoms with Crippen LogP contribution in [0, 0.1) is 5.41 Å². The first-order valence-corrected chi connectivity index (χ1v) is 7.63. The predicted octanol–water partition coefficient (Wildman–Crippen LogP) is 0.642. The van der Waals surface area contributed by atoms with Crippen molar-refractivity contribution in [2.45, 2.75) is 26.3 Å². The third-order valence-electron chi connectivity index (χ3n) is 2.82. The Morgan fingerprint density at radius 3 is 2.35 bits per heavy atom. The molecule has 1 unspecified atom stereocenters. The van der Waals surface area contributed by atoms with Gasteiger partial charge in [0, 0.05) is 13.6 Å². The van der Waals surface area contributed by atoms with E-state index in [1.54, 1.807) is 23.7 Å². The maximum atomic E-state index is 12.3. The number of thioether (sulfide) groups is 1. The summed E-state index contributed by atoms with van der Waals surface area (Å²) in [5.74, 6) is 0.652. The number of nitrogens with zero attached hydrogens (tertiary/aromatic N) is 1. The number of carbonyl (C=O) groups is 2. The fourth-order valence-corrected chi connectivity index (χ4v) is 2.19. The van der Waals surface area contributed by atoms with Crippen LogP contribution < -0.4 is 16.8 Å². The van der Waals surface area contributed by atoms with E-state index in [0.29, 0.717) is 19.5 Å². The van der Waals surface area contributed by atoms with Crippen LogP contribution in [0.4, 0.5) is 4.79 Å². The van der Waals surface area contributed by atoms with Gasteiger partial charge in [-0.15, -0.1) is 12.4 Å². The van der Waals surface area contributed by atoms with E-state index in [-0.39, 0.29) is 23.7 Å². The molecular weight excluding hydrogens is 300 g/mol. The molecule has 0 aliphatic carbocycles. The Bertz CT molecular complexity index is 316. The highest BCUT2D eigenvalue weighted by Crippen LogP contribution is 2.15. The molecule has 0 aliphatic rings. The molecule has 0 aromatic heterocycles. The number of halogens is 1. The molecule has 8 heteroatoms. The number of rotatable bonds is 8. The second-order valence-corrected chi connectivity index (χ2v) is 6.39. The van der Waals surface area contributed by atoms with Crippen LogP contribution in [0.5, 0.6) is 0 Å². The fraction of sp³-hybridized carbons (Fsp3) is 0.833. The average Bonchev–Trinajstić information content (AvgIpc) is 2.32. The third-order valence-corrected chi connectivity index (χ3v) is 3.46. The van der Waals surface area contributed by atoms with Crippen LogP contribution in [0.3, 0.4) is 0 Å². The molecule has 5 N–H and O–H groups in total. The lowest BCUT2D eigenvalue weighted by Crippen LogP contribution is -2.51. The van der Waals surface area contributed by atoms with E-state index < -0.39 is 12.1 Å². The molecule has 0 aliphatic heterocycles. The molecule has 1 atom stereocenters. The minimum Gasteiger partial charge on any atom is -0.352 e. The van der Waals surface area contributed by atoms with Crippen LogP contribution in [-0.2, 0) is 4.79 Å². The van der Waals surface area contributed by atoms with E-state index in [2.05, 4.69) is 5.32 Å². The Hall–Kier alpha value is -0.660. The van der Waals surface area contributed by atoms with Crippen LogP contribution in [0.2, 0.25) is 0 Å². The van der Waals surface area contributed by atoms with Crippen LogP contribution >= 0.6 is 24.2 Å². The van der Waals surface area contributed by atoms with E-state index in [1.165, 1.54) is 0 Å². The van der Waals surface area contributed by atoms with Gasteiger partial charge in [0.1, 0.15) is 6.04 Å². The second-order valence-electron chi connectivity index (χ2n) is 5.41. The second kappa shape index (κ2) is 10.1. The lowest BCUT2D eigenvalue weighted by Gasteiger charge is -2.31. The van der Waals surface area contributed by atoms with Crippen molar-refractivity contribution in [3.8, 4) is 0 Å². The molecular formula is C12H27ClN4O2S. The highest BCUT2D eigenvalue weighted by molar-refractivity contribution is 7.98. The van der Waals surface area contributed by atoms with Crippen LogP contribution in [0.15, 0.2) is 0 Å². The lowest BCUT2D eigenvalue weighted by atomic mass is 9.93. The Morgan fingerprint density at radius 1 is 1.40 bits per heavy atom. The van der Waals surface area contributed by atoms with Gasteiger partial charge in [-0.25, -0.2) is 4.79 Å². The predicted molar refractivity (Wildman–Crippen MR) is 87.2 cm³/mol. The number of nitrogens with one attached hydrogen (secondary N) is 1. The summed E-state index contributed by atoms with van der Waals surface area (Å²) in [5.41, 5.74) is 10.6. The van der Waals surface area contributed by atoms with Crippen molar-refractivity contribution in [2.75, 3.05) is 32.1 Å². The molecule has 0 heterocycles. The van der Waals surface area contributed by atoms with E-state index in [1.807, 2.05) is 20.1 Å². The van der Waals surface area contributed by atoms with Crippen LogP contribution in [0.1, 0.15) is 20.3 Å². The van der Waals surface area contributed by atoms with Crippen molar-refractivity contribution in [1.82, 2.24) is 10.2 Å². The summed E-state index contributed by atoms with van der Waals surface area (Å²) in [6.45, 7) is 5.02. The Kier molecular flexibility index (Phi) is 11.0. The van der Waals surface area contributed by atoms with E-state index >= 15 is 0 Å².